The summed E-state index contributed by atoms with van der Waals surface area (Å²) in [5.41, 5.74) is 0. The first kappa shape index (κ1) is 12.9. The van der Waals surface area contributed by atoms with E-state index in [2.05, 4.69) is 16.8 Å². The number of carbonyl (C=O) groups is 1. The average Bonchev–Trinajstić information content (AvgIpc) is 2.98. The van der Waals surface area contributed by atoms with Crippen LogP contribution in [0.15, 0.2) is 21.7 Å². The van der Waals surface area contributed by atoms with Crippen LogP contribution in [-0.2, 0) is 9.53 Å². The monoisotopic (exact) mass is 271 g/mol. The molecule has 3 nitrogen and oxygen atoms in total. The highest BCUT2D eigenvalue weighted by Crippen LogP contribution is 2.26. The lowest BCUT2D eigenvalue weighted by Gasteiger charge is -2.16. The van der Waals surface area contributed by atoms with E-state index in [1.807, 2.05) is 13.0 Å². The minimum absolute atomic E-state index is 0.122. The Morgan fingerprint density at radius 2 is 2.53 bits per heavy atom. The average molecular weight is 271 g/mol. The number of thiophene rings is 1. The number of ether oxygens (including phenoxy) is 1. The van der Waals surface area contributed by atoms with E-state index in [0.29, 0.717) is 12.6 Å². The summed E-state index contributed by atoms with van der Waals surface area (Å²) in [7, 11) is 0. The van der Waals surface area contributed by atoms with E-state index in [4.69, 9.17) is 4.74 Å². The Kier molecular flexibility index (Phi) is 4.88. The first-order valence-corrected chi connectivity index (χ1v) is 7.75. The van der Waals surface area contributed by atoms with Gasteiger partial charge in [-0.1, -0.05) is 6.07 Å². The molecule has 17 heavy (non-hydrogen) atoms. The van der Waals surface area contributed by atoms with Crippen molar-refractivity contribution in [3.63, 3.8) is 0 Å². The van der Waals surface area contributed by atoms with Gasteiger partial charge in [-0.2, -0.15) is 0 Å². The minimum Gasteiger partial charge on any atom is -0.465 e. The molecule has 1 N–H and O–H groups in total. The molecule has 1 aromatic rings. The van der Waals surface area contributed by atoms with Gasteiger partial charge in [0.2, 0.25) is 0 Å². The van der Waals surface area contributed by atoms with Gasteiger partial charge in [-0.25, -0.2) is 0 Å². The van der Waals surface area contributed by atoms with Crippen LogP contribution in [0.25, 0.3) is 0 Å². The van der Waals surface area contributed by atoms with Crippen LogP contribution >= 0.6 is 23.1 Å². The van der Waals surface area contributed by atoms with Gasteiger partial charge in [-0.05, 0) is 31.2 Å². The standard InChI is InChI=1S/C12H17NO2S2/c1-2-15-12(14)10(13-9-5-6-9)8-17-11-4-3-7-16-11/h3-4,7,9-10,13H,2,5-6,8H2,1H3. The predicted octanol–water partition coefficient (Wildman–Crippen LogP) is 2.52. The summed E-state index contributed by atoms with van der Waals surface area (Å²) in [6, 6.07) is 4.46. The van der Waals surface area contributed by atoms with Crippen LogP contribution < -0.4 is 5.32 Å². The largest absolute Gasteiger partial charge is 0.465 e. The van der Waals surface area contributed by atoms with Gasteiger partial charge >= 0.3 is 5.97 Å². The van der Waals surface area contributed by atoms with E-state index >= 15 is 0 Å². The van der Waals surface area contributed by atoms with Crippen LogP contribution in [0, 0.1) is 0 Å². The van der Waals surface area contributed by atoms with Gasteiger partial charge in [-0.3, -0.25) is 4.79 Å². The Labute approximate surface area is 110 Å². The summed E-state index contributed by atoms with van der Waals surface area (Å²) >= 11 is 3.42. The molecule has 1 unspecified atom stereocenters. The number of esters is 1. The van der Waals surface area contributed by atoms with Gasteiger partial charge in [-0.15, -0.1) is 23.1 Å². The molecule has 1 aliphatic rings. The van der Waals surface area contributed by atoms with Crippen molar-refractivity contribution in [2.75, 3.05) is 12.4 Å². The van der Waals surface area contributed by atoms with Gasteiger partial charge in [0, 0.05) is 11.8 Å². The van der Waals surface area contributed by atoms with Gasteiger partial charge in [0.05, 0.1) is 10.8 Å². The molecular weight excluding hydrogens is 254 g/mol. The molecule has 1 heterocycles. The molecular formula is C12H17NO2S2. The van der Waals surface area contributed by atoms with E-state index in [1.54, 1.807) is 23.1 Å². The molecule has 0 aliphatic heterocycles. The molecule has 0 aromatic carbocycles. The summed E-state index contributed by atoms with van der Waals surface area (Å²) in [6.07, 6.45) is 2.36. The lowest BCUT2D eigenvalue weighted by molar-refractivity contribution is -0.145. The Morgan fingerprint density at radius 1 is 1.71 bits per heavy atom. The van der Waals surface area contributed by atoms with Gasteiger partial charge in [0.1, 0.15) is 6.04 Å². The molecule has 0 saturated heterocycles. The van der Waals surface area contributed by atoms with Gasteiger partial charge < -0.3 is 10.1 Å². The second-order valence-corrected chi connectivity index (χ2v) is 6.26. The van der Waals surface area contributed by atoms with E-state index in [9.17, 15) is 4.79 Å². The Bertz CT molecular complexity index is 349. The highest BCUT2D eigenvalue weighted by Gasteiger charge is 2.29. The summed E-state index contributed by atoms with van der Waals surface area (Å²) in [5.74, 6) is 0.624. The maximum absolute atomic E-state index is 11.8. The smallest absolute Gasteiger partial charge is 0.324 e. The summed E-state index contributed by atoms with van der Waals surface area (Å²) in [4.78, 5) is 11.8. The van der Waals surface area contributed by atoms with Crippen LogP contribution in [0.5, 0.6) is 0 Å². The van der Waals surface area contributed by atoms with E-state index in [1.165, 1.54) is 17.1 Å². The first-order valence-electron chi connectivity index (χ1n) is 5.88. The van der Waals surface area contributed by atoms with Crippen LogP contribution in [-0.4, -0.2) is 30.4 Å². The molecule has 1 aromatic heterocycles. The highest BCUT2D eigenvalue weighted by atomic mass is 32.2. The fourth-order valence-electron chi connectivity index (χ4n) is 1.47. The van der Waals surface area contributed by atoms with Crippen molar-refractivity contribution in [3.8, 4) is 0 Å². The number of nitrogens with one attached hydrogen (secondary N) is 1. The van der Waals surface area contributed by atoms with Crippen molar-refractivity contribution in [1.82, 2.24) is 5.32 Å². The minimum atomic E-state index is -0.172. The van der Waals surface area contributed by atoms with Crippen molar-refractivity contribution in [2.24, 2.45) is 0 Å². The normalized spacial score (nSPS) is 16.8. The van der Waals surface area contributed by atoms with Gasteiger partial charge in [0.25, 0.3) is 0 Å². The molecule has 0 radical (unpaired) electrons. The van der Waals surface area contributed by atoms with Crippen molar-refractivity contribution in [2.45, 2.75) is 36.1 Å². The van der Waals surface area contributed by atoms with Crippen LogP contribution in [0.3, 0.4) is 0 Å². The van der Waals surface area contributed by atoms with Crippen molar-refractivity contribution >= 4 is 29.1 Å². The first-order chi connectivity index (χ1) is 8.29. The molecule has 0 bridgehead atoms. The van der Waals surface area contributed by atoms with Crippen molar-refractivity contribution in [1.29, 1.82) is 0 Å². The summed E-state index contributed by atoms with van der Waals surface area (Å²) in [5, 5.41) is 5.40. The molecule has 5 heteroatoms. The third-order valence-electron chi connectivity index (χ3n) is 2.47. The quantitative estimate of drug-likeness (QED) is 0.611. The summed E-state index contributed by atoms with van der Waals surface area (Å²) < 4.78 is 6.34. The zero-order valence-corrected chi connectivity index (χ0v) is 11.5. The topological polar surface area (TPSA) is 38.3 Å². The second kappa shape index (κ2) is 6.42. The molecule has 1 aliphatic carbocycles. The van der Waals surface area contributed by atoms with Crippen LogP contribution in [0.4, 0.5) is 0 Å². The lowest BCUT2D eigenvalue weighted by atomic mass is 10.3. The third kappa shape index (κ3) is 4.33. The van der Waals surface area contributed by atoms with Crippen LogP contribution in [0.2, 0.25) is 0 Å². The predicted molar refractivity (Wildman–Crippen MR) is 71.6 cm³/mol. The molecule has 0 spiro atoms. The molecule has 1 saturated carbocycles. The zero-order chi connectivity index (χ0) is 12.1. The molecule has 0 amide bonds. The Balaban J connectivity index is 1.83. The molecule has 1 atom stereocenters. The number of thioether (sulfide) groups is 1. The molecule has 2 rings (SSSR count). The highest BCUT2D eigenvalue weighted by molar-refractivity contribution is 8.01. The Morgan fingerprint density at radius 3 is 3.12 bits per heavy atom. The fourth-order valence-corrected chi connectivity index (χ4v) is 3.30. The van der Waals surface area contributed by atoms with E-state index < -0.39 is 0 Å². The van der Waals surface area contributed by atoms with Crippen molar-refractivity contribution in [3.05, 3.63) is 17.5 Å². The molecule has 94 valence electrons. The summed E-state index contributed by atoms with van der Waals surface area (Å²) in [6.45, 7) is 2.30. The molecule has 1 fully saturated rings. The maximum Gasteiger partial charge on any atom is 0.324 e. The fraction of sp³-hybridized carbons (Fsp3) is 0.583. The maximum atomic E-state index is 11.8. The number of hydrogen-bond acceptors (Lipinski definition) is 5. The Hall–Kier alpha value is -0.520. The third-order valence-corrected chi connectivity index (χ3v) is 4.70. The van der Waals surface area contributed by atoms with E-state index in [0.717, 1.165) is 5.75 Å². The number of hydrogen-bond donors (Lipinski definition) is 1. The lowest BCUT2D eigenvalue weighted by Crippen LogP contribution is -2.41. The zero-order valence-electron chi connectivity index (χ0n) is 9.85. The number of rotatable bonds is 7. The van der Waals surface area contributed by atoms with Crippen molar-refractivity contribution < 1.29 is 9.53 Å². The number of carbonyl (C=O) groups excluding carboxylic acids is 1. The SMILES string of the molecule is CCOC(=O)C(CSc1cccs1)NC1CC1. The van der Waals surface area contributed by atoms with E-state index in [-0.39, 0.29) is 12.0 Å². The van der Waals surface area contributed by atoms with Crippen LogP contribution in [0.1, 0.15) is 19.8 Å². The second-order valence-electron chi connectivity index (χ2n) is 3.99. The van der Waals surface area contributed by atoms with Gasteiger partial charge in [0.15, 0.2) is 0 Å².